The molecule has 1 aliphatic heterocycles. The molecule has 268 valence electrons. The summed E-state index contributed by atoms with van der Waals surface area (Å²) in [7, 11) is -4.55. The van der Waals surface area contributed by atoms with E-state index in [1.165, 1.54) is 24.4 Å². The molecule has 7 rings (SSSR count). The van der Waals surface area contributed by atoms with Gasteiger partial charge in [0.2, 0.25) is 0 Å². The number of amides is 1. The van der Waals surface area contributed by atoms with Gasteiger partial charge in [-0.25, -0.2) is 18.1 Å². The molecule has 1 amide bonds. The van der Waals surface area contributed by atoms with E-state index >= 15 is 0 Å². The van der Waals surface area contributed by atoms with Crippen LogP contribution in [0.15, 0.2) is 65.8 Å². The third-order valence-electron chi connectivity index (χ3n) is 10.6. The number of nitro groups is 1. The van der Waals surface area contributed by atoms with E-state index < -0.39 is 37.0 Å². The van der Waals surface area contributed by atoms with Crippen molar-refractivity contribution >= 4 is 49.8 Å². The second-order valence-corrected chi connectivity index (χ2v) is 16.1. The van der Waals surface area contributed by atoms with Crippen LogP contribution in [0.3, 0.4) is 0 Å². The number of nitro benzene ring substituents is 1. The van der Waals surface area contributed by atoms with E-state index in [-0.39, 0.29) is 28.3 Å². The first-order chi connectivity index (χ1) is 24.3. The van der Waals surface area contributed by atoms with E-state index in [0.29, 0.717) is 49.4 Å². The van der Waals surface area contributed by atoms with Gasteiger partial charge < -0.3 is 25.0 Å². The van der Waals surface area contributed by atoms with Crippen molar-refractivity contribution < 1.29 is 32.8 Å². The van der Waals surface area contributed by atoms with Crippen LogP contribution < -0.4 is 19.7 Å². The average Bonchev–Trinajstić information content (AvgIpc) is 3.55. The topological polar surface area (TPSA) is 197 Å². The fourth-order valence-corrected chi connectivity index (χ4v) is 8.42. The largest absolute Gasteiger partial charge is 0.455 e. The van der Waals surface area contributed by atoms with E-state index in [0.717, 1.165) is 55.9 Å². The van der Waals surface area contributed by atoms with Crippen LogP contribution in [-0.4, -0.2) is 65.3 Å². The Labute approximate surface area is 294 Å². The molecule has 2 aromatic carbocycles. The number of piperidine rings is 1. The molecule has 15 heteroatoms. The van der Waals surface area contributed by atoms with Crippen LogP contribution in [0.4, 0.5) is 17.1 Å². The molecule has 1 spiro atoms. The van der Waals surface area contributed by atoms with Crippen LogP contribution in [0.2, 0.25) is 0 Å². The van der Waals surface area contributed by atoms with Crippen molar-refractivity contribution in [3.8, 4) is 11.5 Å². The zero-order valence-electron chi connectivity index (χ0n) is 28.2. The number of aliphatic hydroxyl groups is 1. The summed E-state index contributed by atoms with van der Waals surface area (Å²) in [6.07, 6.45) is 8.99. The zero-order chi connectivity index (χ0) is 36.0. The first-order valence-electron chi connectivity index (χ1n) is 17.1. The molecular formula is C36H40N6O8S. The molecule has 4 N–H and O–H groups in total. The van der Waals surface area contributed by atoms with Crippen LogP contribution in [0.25, 0.3) is 11.0 Å². The van der Waals surface area contributed by atoms with Gasteiger partial charge in [-0.1, -0.05) is 0 Å². The molecule has 51 heavy (non-hydrogen) atoms. The Hall–Kier alpha value is -5.02. The molecule has 2 aliphatic carbocycles. The maximum Gasteiger partial charge on any atom is 0.293 e. The second-order valence-electron chi connectivity index (χ2n) is 14.4. The SMILES string of the molecule is CC1(O)CCC(CNc2ccc(S(=O)(=O)NC(=O)c3ccc(N4CCC5(CC4)CC(=O)C5)cc3Oc3cnc4[nH]ccc4c3)cc2[N+](=O)[O-])CC1. The number of pyridine rings is 1. The summed E-state index contributed by atoms with van der Waals surface area (Å²) in [5, 5.41) is 26.1. The fourth-order valence-electron chi connectivity index (χ4n) is 7.43. The van der Waals surface area contributed by atoms with E-state index in [2.05, 4.69) is 24.9 Å². The summed E-state index contributed by atoms with van der Waals surface area (Å²) < 4.78 is 35.3. The van der Waals surface area contributed by atoms with Crippen LogP contribution >= 0.6 is 0 Å². The maximum absolute atomic E-state index is 13.7. The number of hydrogen-bond acceptors (Lipinski definition) is 11. The minimum Gasteiger partial charge on any atom is -0.455 e. The van der Waals surface area contributed by atoms with Gasteiger partial charge in [0.25, 0.3) is 21.6 Å². The highest BCUT2D eigenvalue weighted by atomic mass is 32.2. The lowest BCUT2D eigenvalue weighted by molar-refractivity contribution is -0.384. The molecule has 14 nitrogen and oxygen atoms in total. The number of benzene rings is 2. The van der Waals surface area contributed by atoms with Gasteiger partial charge in [-0.05, 0) is 93.2 Å². The van der Waals surface area contributed by atoms with E-state index in [4.69, 9.17) is 4.74 Å². The van der Waals surface area contributed by atoms with E-state index in [9.17, 15) is 33.2 Å². The number of Topliss-reactive ketones (excluding diaryl/α,β-unsaturated/α-hetero) is 1. The minimum atomic E-state index is -4.55. The van der Waals surface area contributed by atoms with Crippen LogP contribution in [0.1, 0.15) is 68.6 Å². The number of aromatic amines is 1. The average molecular weight is 717 g/mol. The Balaban J connectivity index is 1.11. The van der Waals surface area contributed by atoms with Gasteiger partial charge in [-0.2, -0.15) is 0 Å². The van der Waals surface area contributed by atoms with Gasteiger partial charge in [0.1, 0.15) is 28.6 Å². The first-order valence-corrected chi connectivity index (χ1v) is 18.6. The Morgan fingerprint density at radius 3 is 2.55 bits per heavy atom. The molecule has 3 fully saturated rings. The third kappa shape index (κ3) is 7.40. The maximum atomic E-state index is 13.7. The molecule has 1 saturated heterocycles. The molecule has 2 aromatic heterocycles. The van der Waals surface area contributed by atoms with Gasteiger partial charge in [-0.3, -0.25) is 19.7 Å². The van der Waals surface area contributed by atoms with Crippen molar-refractivity contribution in [1.82, 2.24) is 14.7 Å². The van der Waals surface area contributed by atoms with E-state index in [1.54, 1.807) is 31.3 Å². The highest BCUT2D eigenvalue weighted by Crippen LogP contribution is 2.47. The zero-order valence-corrected chi connectivity index (χ0v) is 29.0. The number of carbonyl (C=O) groups is 2. The Morgan fingerprint density at radius 2 is 1.84 bits per heavy atom. The molecule has 3 heterocycles. The molecule has 4 aromatic rings. The highest BCUT2D eigenvalue weighted by Gasteiger charge is 2.45. The summed E-state index contributed by atoms with van der Waals surface area (Å²) in [4.78, 5) is 45.8. The Kier molecular flexibility index (Phi) is 8.96. The van der Waals surface area contributed by atoms with Crippen molar-refractivity contribution in [2.75, 3.05) is 29.9 Å². The van der Waals surface area contributed by atoms with Crippen molar-refractivity contribution in [1.29, 1.82) is 0 Å². The van der Waals surface area contributed by atoms with Crippen LogP contribution in [-0.2, 0) is 14.8 Å². The van der Waals surface area contributed by atoms with Crippen molar-refractivity contribution in [2.45, 2.75) is 68.8 Å². The molecule has 0 atom stereocenters. The molecule has 0 unspecified atom stereocenters. The highest BCUT2D eigenvalue weighted by molar-refractivity contribution is 7.90. The number of carbonyl (C=O) groups excluding carboxylic acids is 2. The van der Waals surface area contributed by atoms with Gasteiger partial charge in [0.15, 0.2) is 0 Å². The summed E-state index contributed by atoms with van der Waals surface area (Å²) in [6, 6.07) is 11.9. The molecule has 0 radical (unpaired) electrons. The van der Waals surface area contributed by atoms with Crippen LogP contribution in [0.5, 0.6) is 11.5 Å². The number of ether oxygens (including phenoxy) is 1. The molecular weight excluding hydrogens is 676 g/mol. The Morgan fingerprint density at radius 1 is 1.10 bits per heavy atom. The van der Waals surface area contributed by atoms with Gasteiger partial charge in [0.05, 0.1) is 27.2 Å². The van der Waals surface area contributed by atoms with Crippen molar-refractivity contribution in [2.24, 2.45) is 11.3 Å². The molecule has 0 bridgehead atoms. The number of anilines is 2. The number of H-pyrrole nitrogens is 1. The Bertz CT molecular complexity index is 2100. The molecule has 3 aliphatic rings. The number of aromatic nitrogens is 2. The minimum absolute atomic E-state index is 0.0613. The van der Waals surface area contributed by atoms with Gasteiger partial charge >= 0.3 is 0 Å². The number of nitrogens with one attached hydrogen (secondary N) is 3. The fraction of sp³-hybridized carbons (Fsp3) is 0.417. The summed E-state index contributed by atoms with van der Waals surface area (Å²) >= 11 is 0. The number of sulfonamides is 1. The second kappa shape index (κ2) is 13.3. The lowest BCUT2D eigenvalue weighted by Crippen LogP contribution is -2.47. The van der Waals surface area contributed by atoms with Crippen LogP contribution in [0, 0.1) is 21.4 Å². The number of hydrogen-bond donors (Lipinski definition) is 4. The van der Waals surface area contributed by atoms with Gasteiger partial charge in [-0.15, -0.1) is 0 Å². The number of fused-ring (bicyclic) bond motifs is 1. The van der Waals surface area contributed by atoms with Gasteiger partial charge in [0, 0.05) is 61.9 Å². The molecule has 2 saturated carbocycles. The predicted octanol–water partition coefficient (Wildman–Crippen LogP) is 5.68. The standard InChI is InChI=1S/C36H40N6O8S/c1-35(45)9-6-23(7-10-35)21-38-30-5-3-28(18-31(30)42(46)47)51(48,49)40-34(44)29-4-2-25(41-14-11-36(12-15-41)19-26(43)20-36)17-32(29)50-27-16-24-8-13-37-33(24)39-22-27/h2-5,8,13,16-18,22-23,38,45H,6-7,9-12,14-15,19-21H2,1H3,(H,37,39)(H,40,44). The summed E-state index contributed by atoms with van der Waals surface area (Å²) in [5.74, 6) is -0.0391. The number of nitrogens with zero attached hydrogens (tertiary/aromatic N) is 3. The summed E-state index contributed by atoms with van der Waals surface area (Å²) in [5.41, 5.74) is 0.447. The lowest BCUT2D eigenvalue weighted by Gasteiger charge is -2.47. The monoisotopic (exact) mass is 716 g/mol. The number of ketones is 1. The third-order valence-corrected chi connectivity index (χ3v) is 11.9. The van der Waals surface area contributed by atoms with E-state index in [1.807, 2.05) is 6.07 Å². The normalized spacial score (nSPS) is 21.6. The predicted molar refractivity (Wildman–Crippen MR) is 190 cm³/mol. The first kappa shape index (κ1) is 34.4. The lowest BCUT2D eigenvalue weighted by atomic mass is 9.62. The quantitative estimate of drug-likeness (QED) is 0.116. The van der Waals surface area contributed by atoms with Crippen molar-refractivity contribution in [3.05, 3.63) is 76.6 Å². The number of rotatable bonds is 10. The van der Waals surface area contributed by atoms with Crippen molar-refractivity contribution in [3.63, 3.8) is 0 Å². The summed E-state index contributed by atoms with van der Waals surface area (Å²) in [6.45, 7) is 3.67. The smallest absolute Gasteiger partial charge is 0.293 e.